The number of fused-ring (bicyclic) bond motifs is 1. The zero-order chi connectivity index (χ0) is 23.0. The third-order valence-corrected chi connectivity index (χ3v) is 7.48. The number of aromatic nitrogens is 3. The summed E-state index contributed by atoms with van der Waals surface area (Å²) in [7, 11) is 0. The smallest absolute Gasteiger partial charge is 0.172 e. The fourth-order valence-electron chi connectivity index (χ4n) is 5.30. The number of carbonyl (C=O) groups excluding carboxylic acids is 1. The molecule has 0 amide bonds. The van der Waals surface area contributed by atoms with Crippen molar-refractivity contribution in [3.8, 4) is 11.3 Å². The Hall–Kier alpha value is -2.77. The lowest BCUT2D eigenvalue weighted by molar-refractivity contribution is 0.0153. The summed E-state index contributed by atoms with van der Waals surface area (Å²) in [4.78, 5) is 30.5. The van der Waals surface area contributed by atoms with Gasteiger partial charge in [-0.2, -0.15) is 0 Å². The Morgan fingerprint density at radius 3 is 2.64 bits per heavy atom. The van der Waals surface area contributed by atoms with Crippen molar-refractivity contribution in [3.05, 3.63) is 42.2 Å². The maximum atomic E-state index is 13.5. The number of hydrogen-bond donors (Lipinski definition) is 2. The van der Waals surface area contributed by atoms with Crippen molar-refractivity contribution in [1.29, 1.82) is 0 Å². The number of Topliss-reactive ketones (excluding diaryl/α,β-unsaturated/α-hetero) is 1. The van der Waals surface area contributed by atoms with Crippen LogP contribution in [0.15, 0.2) is 36.7 Å². The molecule has 174 valence electrons. The van der Waals surface area contributed by atoms with Gasteiger partial charge in [0.1, 0.15) is 11.7 Å². The van der Waals surface area contributed by atoms with Gasteiger partial charge in [0.25, 0.3) is 0 Å². The van der Waals surface area contributed by atoms with Crippen LogP contribution in [0, 0.1) is 5.41 Å². The number of nitrogens with one attached hydrogen (secondary N) is 1. The molecule has 1 aromatic carbocycles. The number of anilines is 1. The van der Waals surface area contributed by atoms with Crippen LogP contribution in [0.3, 0.4) is 0 Å². The Morgan fingerprint density at radius 2 is 1.91 bits per heavy atom. The third-order valence-electron chi connectivity index (χ3n) is 7.48. The summed E-state index contributed by atoms with van der Waals surface area (Å²) in [5, 5.41) is 9.82. The Balaban J connectivity index is 1.42. The molecule has 33 heavy (non-hydrogen) atoms. The summed E-state index contributed by atoms with van der Waals surface area (Å²) in [6.07, 6.45) is 8.47. The van der Waals surface area contributed by atoms with Crippen molar-refractivity contribution in [2.45, 2.75) is 52.2 Å². The van der Waals surface area contributed by atoms with Crippen LogP contribution < -0.4 is 4.90 Å². The van der Waals surface area contributed by atoms with Gasteiger partial charge >= 0.3 is 0 Å². The third kappa shape index (κ3) is 4.27. The predicted octanol–water partition coefficient (Wildman–Crippen LogP) is 4.24. The SMILES string of the molecule is CC(O)N1CCN(c2cccc(-c3cnc4[nH]cc(C(=O)C5(C)CCCCC5)c4n3)c2)CC1. The number of aliphatic hydroxyl groups is 1. The highest BCUT2D eigenvalue weighted by Crippen LogP contribution is 2.39. The van der Waals surface area contributed by atoms with Crippen molar-refractivity contribution < 1.29 is 9.90 Å². The second kappa shape index (κ2) is 8.88. The van der Waals surface area contributed by atoms with E-state index >= 15 is 0 Å². The number of aliphatic hydroxyl groups excluding tert-OH is 1. The fraction of sp³-hybridized carbons (Fsp3) is 0.500. The van der Waals surface area contributed by atoms with Crippen LogP contribution >= 0.6 is 0 Å². The van der Waals surface area contributed by atoms with E-state index in [1.165, 1.54) is 6.42 Å². The quantitative estimate of drug-likeness (QED) is 0.569. The van der Waals surface area contributed by atoms with Gasteiger partial charge in [-0.15, -0.1) is 0 Å². The maximum Gasteiger partial charge on any atom is 0.172 e. The summed E-state index contributed by atoms with van der Waals surface area (Å²) in [6.45, 7) is 7.33. The fourth-order valence-corrected chi connectivity index (χ4v) is 5.30. The van der Waals surface area contributed by atoms with Crippen LogP contribution in [0.1, 0.15) is 56.3 Å². The number of H-pyrrole nitrogens is 1. The highest BCUT2D eigenvalue weighted by Gasteiger charge is 2.36. The maximum absolute atomic E-state index is 13.5. The van der Waals surface area contributed by atoms with E-state index < -0.39 is 6.23 Å². The summed E-state index contributed by atoms with van der Waals surface area (Å²) >= 11 is 0. The number of nitrogens with zero attached hydrogens (tertiary/aromatic N) is 4. The van der Waals surface area contributed by atoms with Crippen molar-refractivity contribution >= 4 is 22.6 Å². The van der Waals surface area contributed by atoms with Crippen LogP contribution in [0.2, 0.25) is 0 Å². The van der Waals surface area contributed by atoms with E-state index in [0.717, 1.165) is 68.8 Å². The molecule has 5 rings (SSSR count). The van der Waals surface area contributed by atoms with E-state index in [0.29, 0.717) is 16.7 Å². The van der Waals surface area contributed by atoms with Crippen LogP contribution in [0.25, 0.3) is 22.4 Å². The Labute approximate surface area is 194 Å². The highest BCUT2D eigenvalue weighted by molar-refractivity contribution is 6.08. The van der Waals surface area contributed by atoms with Gasteiger partial charge in [0.2, 0.25) is 0 Å². The van der Waals surface area contributed by atoms with Crippen molar-refractivity contribution in [2.75, 3.05) is 31.1 Å². The number of aromatic amines is 1. The molecule has 7 heteroatoms. The average Bonchev–Trinajstić information content (AvgIpc) is 3.27. The molecular weight excluding hydrogens is 414 g/mol. The molecule has 2 N–H and O–H groups in total. The number of hydrogen-bond acceptors (Lipinski definition) is 6. The van der Waals surface area contributed by atoms with E-state index in [2.05, 4.69) is 38.8 Å². The van der Waals surface area contributed by atoms with Gasteiger partial charge < -0.3 is 15.0 Å². The minimum atomic E-state index is -0.408. The Kier molecular flexibility index (Phi) is 5.93. The molecule has 1 unspecified atom stereocenters. The molecule has 3 heterocycles. The lowest BCUT2D eigenvalue weighted by atomic mass is 9.71. The summed E-state index contributed by atoms with van der Waals surface area (Å²) in [5.74, 6) is 0.185. The van der Waals surface area contributed by atoms with E-state index in [9.17, 15) is 9.90 Å². The molecule has 0 radical (unpaired) electrons. The summed E-state index contributed by atoms with van der Waals surface area (Å²) < 4.78 is 0. The first-order valence-corrected chi connectivity index (χ1v) is 12.1. The van der Waals surface area contributed by atoms with Crippen LogP contribution in [-0.4, -0.2) is 63.1 Å². The minimum absolute atomic E-state index is 0.185. The monoisotopic (exact) mass is 447 g/mol. The zero-order valence-corrected chi connectivity index (χ0v) is 19.5. The average molecular weight is 448 g/mol. The molecule has 2 aliphatic rings. The van der Waals surface area contributed by atoms with Crippen LogP contribution in [0.4, 0.5) is 5.69 Å². The van der Waals surface area contributed by atoms with Crippen LogP contribution in [-0.2, 0) is 0 Å². The number of carbonyl (C=O) groups is 1. The molecule has 0 spiro atoms. The van der Waals surface area contributed by atoms with Crippen molar-refractivity contribution in [3.63, 3.8) is 0 Å². The second-order valence-corrected chi connectivity index (χ2v) is 9.81. The standard InChI is InChI=1S/C26H33N5O2/c1-18(32)30-11-13-31(14-12-30)20-8-6-7-19(15-20)22-17-28-25-23(29-22)21(16-27-25)24(33)26(2)9-4-3-5-10-26/h6-8,15-18,32H,3-5,9-14H2,1-2H3,(H,27,28). The number of piperazine rings is 1. The van der Waals surface area contributed by atoms with E-state index in [4.69, 9.17) is 4.98 Å². The molecule has 3 aromatic rings. The molecule has 1 aliphatic heterocycles. The molecule has 1 atom stereocenters. The Bertz CT molecular complexity index is 1140. The highest BCUT2D eigenvalue weighted by atomic mass is 16.3. The first-order chi connectivity index (χ1) is 15.9. The van der Waals surface area contributed by atoms with Crippen molar-refractivity contribution in [1.82, 2.24) is 19.9 Å². The van der Waals surface area contributed by atoms with Gasteiger partial charge in [-0.25, -0.2) is 9.97 Å². The second-order valence-electron chi connectivity index (χ2n) is 9.81. The molecular formula is C26H33N5O2. The van der Waals surface area contributed by atoms with Gasteiger partial charge in [-0.05, 0) is 31.9 Å². The van der Waals surface area contributed by atoms with Gasteiger partial charge in [-0.1, -0.05) is 38.3 Å². The van der Waals surface area contributed by atoms with Gasteiger partial charge in [-0.3, -0.25) is 9.69 Å². The van der Waals surface area contributed by atoms with Gasteiger partial charge in [0.15, 0.2) is 11.4 Å². The number of rotatable bonds is 5. The van der Waals surface area contributed by atoms with E-state index in [1.807, 2.05) is 19.1 Å². The molecule has 2 fully saturated rings. The lowest BCUT2D eigenvalue weighted by Crippen LogP contribution is -2.49. The van der Waals surface area contributed by atoms with E-state index in [-0.39, 0.29) is 11.2 Å². The van der Waals surface area contributed by atoms with Gasteiger partial charge in [0, 0.05) is 49.0 Å². The molecule has 2 aromatic heterocycles. The van der Waals surface area contributed by atoms with Crippen molar-refractivity contribution in [2.24, 2.45) is 5.41 Å². The lowest BCUT2D eigenvalue weighted by Gasteiger charge is -2.37. The Morgan fingerprint density at radius 1 is 1.15 bits per heavy atom. The molecule has 1 saturated heterocycles. The number of ketones is 1. The first kappa shape index (κ1) is 22.0. The molecule has 7 nitrogen and oxygen atoms in total. The van der Waals surface area contributed by atoms with Gasteiger partial charge in [0.05, 0.1) is 17.5 Å². The zero-order valence-electron chi connectivity index (χ0n) is 19.5. The number of benzene rings is 1. The minimum Gasteiger partial charge on any atom is -0.379 e. The van der Waals surface area contributed by atoms with Crippen LogP contribution in [0.5, 0.6) is 0 Å². The topological polar surface area (TPSA) is 85.4 Å². The molecule has 0 bridgehead atoms. The molecule has 1 saturated carbocycles. The molecule has 1 aliphatic carbocycles. The largest absolute Gasteiger partial charge is 0.379 e. The summed E-state index contributed by atoms with van der Waals surface area (Å²) in [5.41, 5.74) is 4.58. The van der Waals surface area contributed by atoms with E-state index in [1.54, 1.807) is 12.4 Å². The first-order valence-electron chi connectivity index (χ1n) is 12.1. The predicted molar refractivity (Wildman–Crippen MR) is 130 cm³/mol. The summed E-state index contributed by atoms with van der Waals surface area (Å²) in [6, 6.07) is 8.35. The normalized spacial score (nSPS) is 20.2.